The monoisotopic (exact) mass is 292 g/mol. The molecule has 0 aromatic heterocycles. The van der Waals surface area contributed by atoms with Crippen LogP contribution in [0.25, 0.3) is 0 Å². The Balaban J connectivity index is 1.71. The number of benzene rings is 1. The number of hydrogen-bond donors (Lipinski definition) is 2. The van der Waals surface area contributed by atoms with E-state index in [1.165, 1.54) is 0 Å². The summed E-state index contributed by atoms with van der Waals surface area (Å²) in [6, 6.07) is 5.56. The molecule has 2 fully saturated rings. The Morgan fingerprint density at radius 2 is 2.29 bits per heavy atom. The second-order valence-electron chi connectivity index (χ2n) is 5.55. The van der Waals surface area contributed by atoms with Gasteiger partial charge in [0, 0.05) is 32.7 Å². The van der Waals surface area contributed by atoms with Crippen LogP contribution in [0.3, 0.4) is 0 Å². The van der Waals surface area contributed by atoms with E-state index in [1.807, 2.05) is 28.9 Å². The maximum absolute atomic E-state index is 14.3. The van der Waals surface area contributed by atoms with Crippen LogP contribution in [0, 0.1) is 5.82 Å². The molecule has 0 bridgehead atoms. The van der Waals surface area contributed by atoms with Gasteiger partial charge in [-0.15, -0.1) is 0 Å². The number of anilines is 1. The van der Waals surface area contributed by atoms with Crippen LogP contribution in [-0.4, -0.2) is 49.7 Å². The minimum Gasteiger partial charge on any atom is -0.365 e. The standard InChI is InChI=1S/C15H21FN4O/c1-2-17-8-11-3-4-14(13(16)7-11)19-5-6-20-12(10-19)9-18-15(20)21/h3-4,7,12,17H,2,5-6,8-10H2,1H3,(H,18,21). The van der Waals surface area contributed by atoms with Crippen LogP contribution in [-0.2, 0) is 6.54 Å². The Morgan fingerprint density at radius 3 is 3.05 bits per heavy atom. The van der Waals surface area contributed by atoms with Crippen molar-refractivity contribution in [2.45, 2.75) is 19.5 Å². The molecule has 2 amide bonds. The number of hydrogen-bond acceptors (Lipinski definition) is 3. The molecule has 2 N–H and O–H groups in total. The van der Waals surface area contributed by atoms with Crippen LogP contribution in [0.5, 0.6) is 0 Å². The van der Waals surface area contributed by atoms with E-state index in [0.29, 0.717) is 38.4 Å². The molecule has 6 heteroatoms. The molecule has 5 nitrogen and oxygen atoms in total. The fourth-order valence-corrected chi connectivity index (χ4v) is 3.01. The molecule has 1 unspecified atom stereocenters. The number of rotatable bonds is 4. The molecule has 2 aliphatic heterocycles. The zero-order valence-corrected chi connectivity index (χ0v) is 12.2. The number of amides is 2. The van der Waals surface area contributed by atoms with E-state index in [1.54, 1.807) is 6.07 Å². The van der Waals surface area contributed by atoms with Gasteiger partial charge >= 0.3 is 6.03 Å². The number of carbonyl (C=O) groups excluding carboxylic acids is 1. The highest BCUT2D eigenvalue weighted by Crippen LogP contribution is 2.24. The van der Waals surface area contributed by atoms with Crippen molar-refractivity contribution in [1.82, 2.24) is 15.5 Å². The summed E-state index contributed by atoms with van der Waals surface area (Å²) in [6.45, 7) is 6.23. The van der Waals surface area contributed by atoms with Crippen molar-refractivity contribution in [3.63, 3.8) is 0 Å². The highest BCUT2D eigenvalue weighted by atomic mass is 19.1. The molecule has 0 spiro atoms. The number of urea groups is 1. The lowest BCUT2D eigenvalue weighted by molar-refractivity contribution is 0.197. The minimum absolute atomic E-state index is 0.00103. The first-order chi connectivity index (χ1) is 10.2. The predicted molar refractivity (Wildman–Crippen MR) is 79.9 cm³/mol. The molecule has 114 valence electrons. The Hall–Kier alpha value is -1.82. The summed E-state index contributed by atoms with van der Waals surface area (Å²) >= 11 is 0. The van der Waals surface area contributed by atoms with Crippen LogP contribution in [0.4, 0.5) is 14.9 Å². The van der Waals surface area contributed by atoms with Gasteiger partial charge in [-0.1, -0.05) is 13.0 Å². The molecule has 2 aliphatic rings. The quantitative estimate of drug-likeness (QED) is 0.875. The third-order valence-electron chi connectivity index (χ3n) is 4.16. The van der Waals surface area contributed by atoms with Crippen molar-refractivity contribution in [3.8, 4) is 0 Å². The molecule has 21 heavy (non-hydrogen) atoms. The van der Waals surface area contributed by atoms with Gasteiger partial charge in [0.1, 0.15) is 5.82 Å². The lowest BCUT2D eigenvalue weighted by Gasteiger charge is -2.37. The summed E-state index contributed by atoms with van der Waals surface area (Å²) in [5.74, 6) is -0.184. The Morgan fingerprint density at radius 1 is 1.43 bits per heavy atom. The molecule has 3 rings (SSSR count). The summed E-state index contributed by atoms with van der Waals surface area (Å²) in [5, 5.41) is 6.03. The Kier molecular flexibility index (Phi) is 3.96. The second kappa shape index (κ2) is 5.89. The maximum atomic E-state index is 14.3. The normalized spacial score (nSPS) is 21.4. The van der Waals surface area contributed by atoms with E-state index in [4.69, 9.17) is 0 Å². The first kappa shape index (κ1) is 14.1. The topological polar surface area (TPSA) is 47.6 Å². The van der Waals surface area contributed by atoms with Gasteiger partial charge in [0.25, 0.3) is 0 Å². The van der Waals surface area contributed by atoms with Crippen LogP contribution >= 0.6 is 0 Å². The number of nitrogens with one attached hydrogen (secondary N) is 2. The third-order valence-corrected chi connectivity index (χ3v) is 4.16. The van der Waals surface area contributed by atoms with Gasteiger partial charge in [-0.25, -0.2) is 9.18 Å². The molecule has 0 saturated carbocycles. The smallest absolute Gasteiger partial charge is 0.317 e. The van der Waals surface area contributed by atoms with E-state index in [2.05, 4.69) is 10.6 Å². The molecule has 2 saturated heterocycles. The largest absolute Gasteiger partial charge is 0.365 e. The maximum Gasteiger partial charge on any atom is 0.317 e. The van der Waals surface area contributed by atoms with Crippen LogP contribution in [0.1, 0.15) is 12.5 Å². The molecule has 1 aromatic carbocycles. The lowest BCUT2D eigenvalue weighted by atomic mass is 10.1. The van der Waals surface area contributed by atoms with Gasteiger partial charge in [0.05, 0.1) is 11.7 Å². The molecular weight excluding hydrogens is 271 g/mol. The zero-order valence-electron chi connectivity index (χ0n) is 12.2. The molecule has 1 aromatic rings. The van der Waals surface area contributed by atoms with E-state index < -0.39 is 0 Å². The molecule has 0 aliphatic carbocycles. The first-order valence-corrected chi connectivity index (χ1v) is 7.47. The first-order valence-electron chi connectivity index (χ1n) is 7.47. The van der Waals surface area contributed by atoms with Gasteiger partial charge in [-0.2, -0.15) is 0 Å². The van der Waals surface area contributed by atoms with Crippen LogP contribution in [0.15, 0.2) is 18.2 Å². The summed E-state index contributed by atoms with van der Waals surface area (Å²) in [5.41, 5.74) is 1.59. The summed E-state index contributed by atoms with van der Waals surface area (Å²) in [4.78, 5) is 15.5. The Labute approximate surface area is 124 Å². The number of piperazine rings is 1. The fraction of sp³-hybridized carbons (Fsp3) is 0.533. The number of nitrogens with zero attached hydrogens (tertiary/aromatic N) is 2. The van der Waals surface area contributed by atoms with Crippen molar-refractivity contribution >= 4 is 11.7 Å². The van der Waals surface area contributed by atoms with Crippen molar-refractivity contribution in [2.75, 3.05) is 37.6 Å². The van der Waals surface area contributed by atoms with Gasteiger partial charge in [-0.05, 0) is 24.2 Å². The number of halogens is 1. The minimum atomic E-state index is -0.184. The third kappa shape index (κ3) is 2.81. The lowest BCUT2D eigenvalue weighted by Crippen LogP contribution is -2.52. The van der Waals surface area contributed by atoms with Gasteiger partial charge < -0.3 is 20.4 Å². The summed E-state index contributed by atoms with van der Waals surface area (Å²) < 4.78 is 14.3. The van der Waals surface area contributed by atoms with E-state index in [-0.39, 0.29) is 17.9 Å². The SMILES string of the molecule is CCNCc1ccc(N2CCN3C(=O)NCC3C2)c(F)c1. The number of carbonyl (C=O) groups is 1. The van der Waals surface area contributed by atoms with E-state index in [9.17, 15) is 9.18 Å². The van der Waals surface area contributed by atoms with Gasteiger partial charge in [-0.3, -0.25) is 0 Å². The number of fused-ring (bicyclic) bond motifs is 1. The van der Waals surface area contributed by atoms with Crippen molar-refractivity contribution in [2.24, 2.45) is 0 Å². The van der Waals surface area contributed by atoms with E-state index in [0.717, 1.165) is 12.1 Å². The van der Waals surface area contributed by atoms with Crippen LogP contribution < -0.4 is 15.5 Å². The Bertz CT molecular complexity index is 536. The molecule has 2 heterocycles. The highest BCUT2D eigenvalue weighted by Gasteiger charge is 2.35. The predicted octanol–water partition coefficient (Wildman–Crippen LogP) is 1.15. The van der Waals surface area contributed by atoms with Crippen molar-refractivity contribution in [3.05, 3.63) is 29.6 Å². The van der Waals surface area contributed by atoms with Crippen LogP contribution in [0.2, 0.25) is 0 Å². The second-order valence-corrected chi connectivity index (χ2v) is 5.55. The van der Waals surface area contributed by atoms with E-state index >= 15 is 0 Å². The summed E-state index contributed by atoms with van der Waals surface area (Å²) in [7, 11) is 0. The van der Waals surface area contributed by atoms with Crippen molar-refractivity contribution in [1.29, 1.82) is 0 Å². The van der Waals surface area contributed by atoms with Gasteiger partial charge in [0.15, 0.2) is 0 Å². The zero-order chi connectivity index (χ0) is 14.8. The molecule has 1 atom stereocenters. The molecule has 0 radical (unpaired) electrons. The molecular formula is C15H21FN4O. The highest BCUT2D eigenvalue weighted by molar-refractivity contribution is 5.77. The van der Waals surface area contributed by atoms with Gasteiger partial charge in [0.2, 0.25) is 0 Å². The average Bonchev–Trinajstić information content (AvgIpc) is 2.86. The average molecular weight is 292 g/mol. The fourth-order valence-electron chi connectivity index (χ4n) is 3.01. The summed E-state index contributed by atoms with van der Waals surface area (Å²) in [6.07, 6.45) is 0. The van der Waals surface area contributed by atoms with Crippen molar-refractivity contribution < 1.29 is 9.18 Å².